The van der Waals surface area contributed by atoms with E-state index in [0.717, 1.165) is 35.3 Å². The van der Waals surface area contributed by atoms with Crippen molar-refractivity contribution in [1.82, 2.24) is 25.2 Å². The number of sulfone groups is 1. The fraction of sp³-hybridized carbons (Fsp3) is 0.231. The van der Waals surface area contributed by atoms with Gasteiger partial charge < -0.3 is 0 Å². The average molecular weight is 367 g/mol. The zero-order chi connectivity index (χ0) is 16.4. The summed E-state index contributed by atoms with van der Waals surface area (Å²) in [7, 11) is -3.24. The first-order valence-corrected chi connectivity index (χ1v) is 10.2. The third kappa shape index (κ3) is 3.59. The summed E-state index contributed by atoms with van der Waals surface area (Å²) in [6.07, 6.45) is 3.37. The Labute approximate surface area is 141 Å². The highest BCUT2D eigenvalue weighted by Crippen LogP contribution is 2.30. The van der Waals surface area contributed by atoms with E-state index in [9.17, 15) is 8.42 Å². The van der Waals surface area contributed by atoms with Crippen LogP contribution in [-0.4, -0.2) is 39.9 Å². The van der Waals surface area contributed by atoms with Crippen LogP contribution < -0.4 is 0 Å². The van der Waals surface area contributed by atoms with E-state index in [1.807, 2.05) is 24.3 Å². The molecular weight excluding hydrogens is 354 g/mol. The number of tetrazole rings is 1. The Hall–Kier alpha value is -1.78. The molecule has 10 heteroatoms. The summed E-state index contributed by atoms with van der Waals surface area (Å²) < 4.78 is 23.7. The molecule has 120 valence electrons. The minimum Gasteiger partial charge on any atom is -0.236 e. The lowest BCUT2D eigenvalue weighted by Gasteiger charge is -2.04. The van der Waals surface area contributed by atoms with Crippen molar-refractivity contribution in [1.29, 1.82) is 0 Å². The maximum absolute atomic E-state index is 11.5. The number of benzene rings is 1. The topological polar surface area (TPSA) is 90.6 Å². The van der Waals surface area contributed by atoms with E-state index in [4.69, 9.17) is 0 Å². The monoisotopic (exact) mass is 367 g/mol. The molecule has 0 atom stereocenters. The molecule has 0 unspecified atom stereocenters. The Morgan fingerprint density at radius 3 is 2.78 bits per heavy atom. The Morgan fingerprint density at radius 1 is 1.30 bits per heavy atom. The zero-order valence-corrected chi connectivity index (χ0v) is 14.8. The second kappa shape index (κ2) is 6.38. The summed E-state index contributed by atoms with van der Waals surface area (Å²) in [5.74, 6) is 0. The van der Waals surface area contributed by atoms with Crippen molar-refractivity contribution < 1.29 is 8.42 Å². The van der Waals surface area contributed by atoms with Crippen LogP contribution in [0, 0.1) is 0 Å². The lowest BCUT2D eigenvalue weighted by atomic mass is 10.1. The maximum atomic E-state index is 11.5. The Morgan fingerprint density at radius 2 is 2.09 bits per heavy atom. The van der Waals surface area contributed by atoms with Gasteiger partial charge in [0.2, 0.25) is 5.16 Å². The van der Waals surface area contributed by atoms with Gasteiger partial charge in [0.15, 0.2) is 14.2 Å². The smallest absolute Gasteiger partial charge is 0.236 e. The van der Waals surface area contributed by atoms with E-state index in [-0.39, 0.29) is 4.21 Å². The van der Waals surface area contributed by atoms with E-state index in [1.165, 1.54) is 22.8 Å². The van der Waals surface area contributed by atoms with Gasteiger partial charge in [0.25, 0.3) is 0 Å². The highest BCUT2D eigenvalue weighted by molar-refractivity contribution is 8.01. The van der Waals surface area contributed by atoms with Crippen molar-refractivity contribution in [3.05, 3.63) is 36.0 Å². The fourth-order valence-electron chi connectivity index (χ4n) is 1.89. The first-order chi connectivity index (χ1) is 11.0. The molecule has 0 fully saturated rings. The third-order valence-corrected chi connectivity index (χ3v) is 6.70. The van der Waals surface area contributed by atoms with E-state index in [0.29, 0.717) is 9.50 Å². The van der Waals surface area contributed by atoms with Gasteiger partial charge >= 0.3 is 0 Å². The van der Waals surface area contributed by atoms with Gasteiger partial charge in [0, 0.05) is 6.26 Å². The lowest BCUT2D eigenvalue weighted by Crippen LogP contribution is -2.02. The van der Waals surface area contributed by atoms with Crippen LogP contribution in [0.3, 0.4) is 0 Å². The van der Waals surface area contributed by atoms with Crippen LogP contribution in [0.1, 0.15) is 12.5 Å². The molecule has 0 aliphatic heterocycles. The fourth-order valence-corrected chi connectivity index (χ4v) is 4.63. The second-order valence-corrected chi connectivity index (χ2v) is 9.15. The van der Waals surface area contributed by atoms with Crippen molar-refractivity contribution in [3.63, 3.8) is 0 Å². The van der Waals surface area contributed by atoms with Crippen molar-refractivity contribution in [2.24, 2.45) is 0 Å². The number of thiazole rings is 1. The quantitative estimate of drug-likeness (QED) is 0.683. The molecule has 0 aliphatic carbocycles. The van der Waals surface area contributed by atoms with Gasteiger partial charge in [-0.2, -0.15) is 0 Å². The summed E-state index contributed by atoms with van der Waals surface area (Å²) in [5.41, 5.74) is 2.00. The van der Waals surface area contributed by atoms with Crippen LogP contribution in [0.4, 0.5) is 0 Å². The molecule has 7 nitrogen and oxygen atoms in total. The van der Waals surface area contributed by atoms with Crippen LogP contribution in [0.25, 0.3) is 5.69 Å². The van der Waals surface area contributed by atoms with Crippen LogP contribution in [-0.2, 0) is 16.3 Å². The highest BCUT2D eigenvalue weighted by Gasteiger charge is 2.15. The molecule has 2 heterocycles. The number of nitrogens with zero attached hydrogens (tertiary/aromatic N) is 5. The van der Waals surface area contributed by atoms with Crippen LogP contribution in [0.15, 0.2) is 44.2 Å². The Balaban J connectivity index is 1.84. The molecule has 2 aromatic heterocycles. The number of rotatable bonds is 5. The number of hydrogen-bond donors (Lipinski definition) is 0. The normalized spacial score (nSPS) is 11.7. The van der Waals surface area contributed by atoms with E-state index < -0.39 is 9.84 Å². The summed E-state index contributed by atoms with van der Waals surface area (Å²) in [6, 6.07) is 7.84. The SMILES string of the molecule is CCc1ccccc1-n1nnc(Sc2ncc(S(C)(=O)=O)s2)n1. The standard InChI is InChI=1S/C13H13N5O2S3/c1-3-9-6-4-5-7-10(9)18-16-12(15-17-18)22-13-14-8-11(21-13)23(2,19)20/h4-8H,3H2,1-2H3. The molecule has 3 aromatic rings. The molecule has 0 aliphatic rings. The summed E-state index contributed by atoms with van der Waals surface area (Å²) in [5, 5.41) is 12.8. The predicted octanol–water partition coefficient (Wildman–Crippen LogP) is 2.24. The molecule has 1 aromatic carbocycles. The summed E-state index contributed by atoms with van der Waals surface area (Å²) >= 11 is 2.29. The average Bonchev–Trinajstić information content (AvgIpc) is 3.16. The number of aryl methyl sites for hydroxylation is 1. The second-order valence-electron chi connectivity index (χ2n) is 4.66. The first kappa shape index (κ1) is 16.1. The number of aromatic nitrogens is 5. The Kier molecular flexibility index (Phi) is 4.46. The van der Waals surface area contributed by atoms with Gasteiger partial charge in [-0.1, -0.05) is 36.5 Å². The van der Waals surface area contributed by atoms with Crippen molar-refractivity contribution in [3.8, 4) is 5.69 Å². The molecule has 0 saturated carbocycles. The zero-order valence-electron chi connectivity index (χ0n) is 12.4. The van der Waals surface area contributed by atoms with Gasteiger partial charge in [-0.15, -0.1) is 15.0 Å². The molecular formula is C13H13N5O2S3. The third-order valence-electron chi connectivity index (χ3n) is 2.99. The molecule has 0 spiro atoms. The van der Waals surface area contributed by atoms with E-state index >= 15 is 0 Å². The molecule has 0 saturated heterocycles. The number of para-hydroxylation sites is 1. The highest BCUT2D eigenvalue weighted by atomic mass is 32.2. The minimum atomic E-state index is -3.24. The molecule has 0 amide bonds. The van der Waals surface area contributed by atoms with Crippen LogP contribution in [0.2, 0.25) is 0 Å². The van der Waals surface area contributed by atoms with Gasteiger partial charge in [-0.25, -0.2) is 13.4 Å². The van der Waals surface area contributed by atoms with Crippen molar-refractivity contribution in [2.45, 2.75) is 27.0 Å². The maximum Gasteiger partial charge on any atom is 0.238 e. The van der Waals surface area contributed by atoms with Crippen molar-refractivity contribution in [2.75, 3.05) is 6.26 Å². The molecule has 0 bridgehead atoms. The minimum absolute atomic E-state index is 0.226. The molecule has 0 N–H and O–H groups in total. The largest absolute Gasteiger partial charge is 0.238 e. The van der Waals surface area contributed by atoms with Crippen molar-refractivity contribution >= 4 is 32.9 Å². The van der Waals surface area contributed by atoms with Gasteiger partial charge in [0.1, 0.15) is 4.21 Å². The number of hydrogen-bond acceptors (Lipinski definition) is 8. The van der Waals surface area contributed by atoms with E-state index in [1.54, 1.807) is 0 Å². The lowest BCUT2D eigenvalue weighted by molar-refractivity contribution is 0.603. The van der Waals surface area contributed by atoms with Crippen LogP contribution in [0.5, 0.6) is 0 Å². The summed E-state index contributed by atoms with van der Waals surface area (Å²) in [4.78, 5) is 5.56. The van der Waals surface area contributed by atoms with E-state index in [2.05, 4.69) is 27.3 Å². The molecule has 0 radical (unpaired) electrons. The first-order valence-electron chi connectivity index (χ1n) is 6.69. The Bertz CT molecular complexity index is 933. The van der Waals surface area contributed by atoms with Crippen LogP contribution >= 0.6 is 23.1 Å². The molecule has 3 rings (SSSR count). The van der Waals surface area contributed by atoms with Gasteiger partial charge in [-0.05, 0) is 35.0 Å². The van der Waals surface area contributed by atoms with Gasteiger partial charge in [-0.3, -0.25) is 0 Å². The predicted molar refractivity (Wildman–Crippen MR) is 87.9 cm³/mol. The van der Waals surface area contributed by atoms with Gasteiger partial charge in [0.05, 0.1) is 11.9 Å². The summed E-state index contributed by atoms with van der Waals surface area (Å²) in [6.45, 7) is 2.06. The molecule has 23 heavy (non-hydrogen) atoms.